The lowest BCUT2D eigenvalue weighted by Crippen LogP contribution is -2.03. The van der Waals surface area contributed by atoms with Gasteiger partial charge >= 0.3 is 5.97 Å². The Hall–Kier alpha value is -1.60. The Labute approximate surface area is 125 Å². The molecule has 0 radical (unpaired) electrons. The zero-order chi connectivity index (χ0) is 14.0. The third-order valence-electron chi connectivity index (χ3n) is 2.25. The second kappa shape index (κ2) is 5.58. The normalized spacial score (nSPS) is 10.2. The molecule has 3 N–H and O–H groups in total. The van der Waals surface area contributed by atoms with E-state index >= 15 is 0 Å². The summed E-state index contributed by atoms with van der Waals surface area (Å²) < 4.78 is 7.12. The molecular weight excluding hydrogens is 380 g/mol. The first kappa shape index (κ1) is 13.8. The molecule has 0 aliphatic heterocycles. The van der Waals surface area contributed by atoms with Crippen LogP contribution >= 0.6 is 31.9 Å². The fourth-order valence-electron chi connectivity index (χ4n) is 1.36. The zero-order valence-corrected chi connectivity index (χ0v) is 12.6. The molecular formula is C12H8Br2N2O3. The maximum Gasteiger partial charge on any atom is 0.338 e. The van der Waals surface area contributed by atoms with Crippen LogP contribution in [0.1, 0.15) is 10.4 Å². The summed E-state index contributed by atoms with van der Waals surface area (Å²) >= 11 is 6.67. The molecule has 19 heavy (non-hydrogen) atoms. The molecule has 0 amide bonds. The lowest BCUT2D eigenvalue weighted by molar-refractivity contribution is 0.0697. The molecule has 2 rings (SSSR count). The van der Waals surface area contributed by atoms with Crippen LogP contribution in [0.4, 0.5) is 5.69 Å². The number of carboxylic acid groups (broad SMARTS) is 1. The van der Waals surface area contributed by atoms with Crippen LogP contribution in [0.5, 0.6) is 11.6 Å². The van der Waals surface area contributed by atoms with E-state index < -0.39 is 5.97 Å². The molecule has 0 bridgehead atoms. The maximum atomic E-state index is 11.0. The lowest BCUT2D eigenvalue weighted by Gasteiger charge is -2.08. The Morgan fingerprint density at radius 2 is 2.05 bits per heavy atom. The second-order valence-electron chi connectivity index (χ2n) is 3.59. The van der Waals surface area contributed by atoms with Gasteiger partial charge < -0.3 is 15.6 Å². The van der Waals surface area contributed by atoms with Crippen molar-refractivity contribution < 1.29 is 14.6 Å². The van der Waals surface area contributed by atoms with E-state index in [1.807, 2.05) is 6.07 Å². The maximum absolute atomic E-state index is 11.0. The minimum Gasteiger partial charge on any atom is -0.478 e. The Kier molecular flexibility index (Phi) is 4.06. The summed E-state index contributed by atoms with van der Waals surface area (Å²) in [5.41, 5.74) is 5.57. The van der Waals surface area contributed by atoms with Crippen molar-refractivity contribution in [2.75, 3.05) is 5.73 Å². The number of pyridine rings is 1. The van der Waals surface area contributed by atoms with Gasteiger partial charge in [0.15, 0.2) is 0 Å². The monoisotopic (exact) mass is 386 g/mol. The lowest BCUT2D eigenvalue weighted by atomic mass is 10.2. The van der Waals surface area contributed by atoms with Gasteiger partial charge in [-0.3, -0.25) is 0 Å². The van der Waals surface area contributed by atoms with Crippen LogP contribution in [0.15, 0.2) is 39.4 Å². The van der Waals surface area contributed by atoms with E-state index in [4.69, 9.17) is 15.6 Å². The highest BCUT2D eigenvalue weighted by molar-refractivity contribution is 9.11. The number of carboxylic acids is 1. The van der Waals surface area contributed by atoms with Gasteiger partial charge in [-0.15, -0.1) is 0 Å². The minimum absolute atomic E-state index is 0.0433. The predicted octanol–water partition coefficient (Wildman–Crippen LogP) is 3.68. The summed E-state index contributed by atoms with van der Waals surface area (Å²) in [5.74, 6) is -0.439. The number of benzene rings is 1. The van der Waals surface area contributed by atoms with E-state index in [0.29, 0.717) is 5.75 Å². The molecule has 0 saturated carbocycles. The minimum atomic E-state index is -1.13. The number of rotatable bonds is 3. The molecule has 0 fully saturated rings. The quantitative estimate of drug-likeness (QED) is 0.838. The molecule has 1 aromatic heterocycles. The van der Waals surface area contributed by atoms with Gasteiger partial charge in [-0.1, -0.05) is 15.9 Å². The molecule has 0 spiro atoms. The van der Waals surface area contributed by atoms with Crippen LogP contribution < -0.4 is 10.5 Å². The summed E-state index contributed by atoms with van der Waals surface area (Å²) in [6, 6.07) is 6.62. The Balaban J connectivity index is 2.33. The zero-order valence-electron chi connectivity index (χ0n) is 9.43. The van der Waals surface area contributed by atoms with Crippen LogP contribution in [0.2, 0.25) is 0 Å². The van der Waals surface area contributed by atoms with E-state index in [0.717, 1.165) is 8.95 Å². The summed E-state index contributed by atoms with van der Waals surface area (Å²) in [6.07, 6.45) is 1.26. The van der Waals surface area contributed by atoms with Crippen molar-refractivity contribution in [2.45, 2.75) is 0 Å². The van der Waals surface area contributed by atoms with Crippen molar-refractivity contribution in [2.24, 2.45) is 0 Å². The van der Waals surface area contributed by atoms with Gasteiger partial charge in [0.25, 0.3) is 0 Å². The SMILES string of the molecule is Nc1cnc(Oc2ccc(Br)cc2Br)cc1C(=O)O. The van der Waals surface area contributed by atoms with Crippen LogP contribution in [0.3, 0.4) is 0 Å². The molecule has 2 aromatic rings. The fraction of sp³-hybridized carbons (Fsp3) is 0. The van der Waals surface area contributed by atoms with Crippen LogP contribution in [-0.2, 0) is 0 Å². The van der Waals surface area contributed by atoms with Gasteiger partial charge in [-0.2, -0.15) is 0 Å². The van der Waals surface area contributed by atoms with Gasteiger partial charge in [0, 0.05) is 10.5 Å². The number of nitrogens with zero attached hydrogens (tertiary/aromatic N) is 1. The molecule has 0 aliphatic rings. The van der Waals surface area contributed by atoms with Crippen molar-refractivity contribution in [3.63, 3.8) is 0 Å². The highest BCUT2D eigenvalue weighted by Crippen LogP contribution is 2.31. The number of hydrogen-bond acceptors (Lipinski definition) is 4. The van der Waals surface area contributed by atoms with E-state index in [9.17, 15) is 4.79 Å². The first-order chi connectivity index (χ1) is 8.97. The number of nitrogens with two attached hydrogens (primary N) is 1. The number of nitrogen functional groups attached to an aromatic ring is 1. The molecule has 1 aromatic carbocycles. The number of halogens is 2. The van der Waals surface area contributed by atoms with Gasteiger partial charge in [-0.25, -0.2) is 9.78 Å². The number of ether oxygens (including phenoxy) is 1. The van der Waals surface area contributed by atoms with E-state index in [1.54, 1.807) is 12.1 Å². The molecule has 7 heteroatoms. The summed E-state index contributed by atoms with van der Waals surface area (Å²) in [7, 11) is 0. The third kappa shape index (κ3) is 3.24. The van der Waals surface area contributed by atoms with Crippen molar-refractivity contribution in [3.8, 4) is 11.6 Å². The summed E-state index contributed by atoms with van der Waals surface area (Å²) in [5, 5.41) is 8.97. The first-order valence-electron chi connectivity index (χ1n) is 5.09. The molecule has 98 valence electrons. The van der Waals surface area contributed by atoms with Gasteiger partial charge in [0.2, 0.25) is 5.88 Å². The average Bonchev–Trinajstić information content (AvgIpc) is 2.34. The first-order valence-corrected chi connectivity index (χ1v) is 6.67. The fourth-order valence-corrected chi connectivity index (χ4v) is 2.49. The Morgan fingerprint density at radius 1 is 1.32 bits per heavy atom. The standard InChI is InChI=1S/C12H8Br2N2O3/c13-6-1-2-10(8(14)3-6)19-11-4-7(12(17)18)9(15)5-16-11/h1-5H,15H2,(H,17,18). The van der Waals surface area contributed by atoms with Crippen LogP contribution in [-0.4, -0.2) is 16.1 Å². The number of aromatic nitrogens is 1. The van der Waals surface area contributed by atoms with Crippen molar-refractivity contribution in [1.82, 2.24) is 4.98 Å². The van der Waals surface area contributed by atoms with Gasteiger partial charge in [-0.05, 0) is 34.1 Å². The van der Waals surface area contributed by atoms with E-state index in [-0.39, 0.29) is 17.1 Å². The molecule has 0 atom stereocenters. The third-order valence-corrected chi connectivity index (χ3v) is 3.36. The Morgan fingerprint density at radius 3 is 2.68 bits per heavy atom. The smallest absolute Gasteiger partial charge is 0.338 e. The number of aromatic carboxylic acids is 1. The van der Waals surface area contributed by atoms with Crippen LogP contribution in [0, 0.1) is 0 Å². The molecule has 0 aliphatic carbocycles. The van der Waals surface area contributed by atoms with Crippen molar-refractivity contribution >= 4 is 43.5 Å². The molecule has 1 heterocycles. The summed E-state index contributed by atoms with van der Waals surface area (Å²) in [4.78, 5) is 14.9. The van der Waals surface area contributed by atoms with E-state index in [2.05, 4.69) is 36.8 Å². The van der Waals surface area contributed by atoms with Crippen molar-refractivity contribution in [3.05, 3.63) is 45.0 Å². The predicted molar refractivity (Wildman–Crippen MR) is 77.5 cm³/mol. The number of hydrogen-bond donors (Lipinski definition) is 2. The van der Waals surface area contributed by atoms with E-state index in [1.165, 1.54) is 12.3 Å². The number of anilines is 1. The average molecular weight is 388 g/mol. The highest BCUT2D eigenvalue weighted by Gasteiger charge is 2.11. The molecule has 5 nitrogen and oxygen atoms in total. The summed E-state index contributed by atoms with van der Waals surface area (Å²) in [6.45, 7) is 0. The molecule has 0 unspecified atom stereocenters. The highest BCUT2D eigenvalue weighted by atomic mass is 79.9. The topological polar surface area (TPSA) is 85.4 Å². The van der Waals surface area contributed by atoms with Crippen LogP contribution in [0.25, 0.3) is 0 Å². The Bertz CT molecular complexity index is 647. The molecule has 0 saturated heterocycles. The van der Waals surface area contributed by atoms with Gasteiger partial charge in [0.05, 0.1) is 21.9 Å². The second-order valence-corrected chi connectivity index (χ2v) is 5.36. The van der Waals surface area contributed by atoms with Gasteiger partial charge in [0.1, 0.15) is 5.75 Å². The number of carbonyl (C=O) groups is 1. The van der Waals surface area contributed by atoms with Crippen molar-refractivity contribution in [1.29, 1.82) is 0 Å². The largest absolute Gasteiger partial charge is 0.478 e.